The molecule has 5 heteroatoms. The van der Waals surface area contributed by atoms with Crippen molar-refractivity contribution in [3.8, 4) is 0 Å². The number of carbonyl (C=O) groups is 1. The predicted molar refractivity (Wildman–Crippen MR) is 46.7 cm³/mol. The van der Waals surface area contributed by atoms with Gasteiger partial charge in [0.2, 0.25) is 0 Å². The molecule has 1 rings (SSSR count). The minimum Gasteiger partial charge on any atom is -0.311 e. The molecule has 0 amide bonds. The van der Waals surface area contributed by atoms with E-state index in [4.69, 9.17) is 0 Å². The number of Topliss-reactive ketones (excluding diaryl/α,β-unsaturated/α-hetero) is 1. The number of rotatable bonds is 3. The number of aromatic nitrogens is 2. The normalized spacial score (nSPS) is 9.92. The van der Waals surface area contributed by atoms with Gasteiger partial charge in [0.25, 0.3) is 5.56 Å². The molecule has 0 aliphatic carbocycles. The molecular formula is C8H10N2O3. The highest BCUT2D eigenvalue weighted by Crippen LogP contribution is 1.93. The first-order valence-corrected chi connectivity index (χ1v) is 3.90. The minimum atomic E-state index is -0.536. The van der Waals surface area contributed by atoms with Crippen LogP contribution in [0.3, 0.4) is 0 Å². The Morgan fingerprint density at radius 1 is 1.38 bits per heavy atom. The van der Waals surface area contributed by atoms with E-state index >= 15 is 0 Å². The van der Waals surface area contributed by atoms with E-state index in [-0.39, 0.29) is 5.78 Å². The molecule has 5 nitrogen and oxygen atoms in total. The van der Waals surface area contributed by atoms with E-state index in [9.17, 15) is 14.4 Å². The molecule has 0 saturated heterocycles. The van der Waals surface area contributed by atoms with Gasteiger partial charge in [0, 0.05) is 18.2 Å². The first-order chi connectivity index (χ1) is 6.08. The van der Waals surface area contributed by atoms with E-state index in [2.05, 4.69) is 4.98 Å². The van der Waals surface area contributed by atoms with Gasteiger partial charge >= 0.3 is 5.69 Å². The Bertz CT molecular complexity index is 388. The van der Waals surface area contributed by atoms with Gasteiger partial charge in [-0.25, -0.2) is 4.79 Å². The summed E-state index contributed by atoms with van der Waals surface area (Å²) in [7, 11) is 0. The second-order valence-electron chi connectivity index (χ2n) is 2.81. The summed E-state index contributed by atoms with van der Waals surface area (Å²) in [6.07, 6.45) is 0.730. The van der Waals surface area contributed by atoms with Crippen LogP contribution in [0.15, 0.2) is 15.7 Å². The number of H-pyrrole nitrogens is 2. The largest absolute Gasteiger partial charge is 0.325 e. The third-order valence-electron chi connectivity index (χ3n) is 1.56. The Balaban J connectivity index is 2.84. The Labute approximate surface area is 73.8 Å². The number of hydrogen-bond donors (Lipinski definition) is 2. The summed E-state index contributed by atoms with van der Waals surface area (Å²) in [6.45, 7) is 1.46. The maximum Gasteiger partial charge on any atom is 0.325 e. The van der Waals surface area contributed by atoms with Gasteiger partial charge in [-0.15, -0.1) is 0 Å². The maximum absolute atomic E-state index is 10.8. The molecule has 1 heterocycles. The van der Waals surface area contributed by atoms with E-state index in [1.54, 1.807) is 0 Å². The first-order valence-electron chi connectivity index (χ1n) is 3.90. The Morgan fingerprint density at radius 3 is 2.62 bits per heavy atom. The van der Waals surface area contributed by atoms with Crippen LogP contribution in [-0.2, 0) is 11.2 Å². The van der Waals surface area contributed by atoms with E-state index in [1.165, 1.54) is 13.0 Å². The van der Waals surface area contributed by atoms with Crippen LogP contribution < -0.4 is 11.2 Å². The molecule has 1 aromatic rings. The highest BCUT2D eigenvalue weighted by molar-refractivity contribution is 5.75. The molecule has 0 atom stereocenters. The van der Waals surface area contributed by atoms with E-state index in [0.717, 1.165) is 0 Å². The third kappa shape index (κ3) is 3.06. The first kappa shape index (κ1) is 9.44. The molecule has 0 bridgehead atoms. The van der Waals surface area contributed by atoms with Crippen molar-refractivity contribution in [3.05, 3.63) is 32.6 Å². The lowest BCUT2D eigenvalue weighted by Gasteiger charge is -1.96. The molecule has 0 aliphatic rings. The third-order valence-corrected chi connectivity index (χ3v) is 1.56. The zero-order valence-electron chi connectivity index (χ0n) is 7.22. The lowest BCUT2D eigenvalue weighted by Crippen LogP contribution is -2.23. The fourth-order valence-corrected chi connectivity index (χ4v) is 0.965. The van der Waals surface area contributed by atoms with Gasteiger partial charge in [-0.2, -0.15) is 0 Å². The van der Waals surface area contributed by atoms with Crippen molar-refractivity contribution in [2.75, 3.05) is 0 Å². The number of aryl methyl sites for hydroxylation is 1. The molecule has 2 N–H and O–H groups in total. The summed E-state index contributed by atoms with van der Waals surface area (Å²) in [5.74, 6) is 0.0288. The van der Waals surface area contributed by atoms with Gasteiger partial charge in [0.1, 0.15) is 5.78 Å². The molecular weight excluding hydrogens is 172 g/mol. The van der Waals surface area contributed by atoms with Crippen molar-refractivity contribution < 1.29 is 4.79 Å². The molecule has 70 valence electrons. The van der Waals surface area contributed by atoms with Crippen LogP contribution in [0.1, 0.15) is 19.0 Å². The van der Waals surface area contributed by atoms with Crippen LogP contribution in [0.25, 0.3) is 0 Å². The standard InChI is InChI=1S/C8H10N2O3/c1-5(11)2-3-6-4-7(12)10-8(13)9-6/h4H,2-3H2,1H3,(H2,9,10,12,13). The lowest BCUT2D eigenvalue weighted by atomic mass is 10.2. The zero-order valence-corrected chi connectivity index (χ0v) is 7.22. The number of nitrogens with one attached hydrogen (secondary N) is 2. The van der Waals surface area contributed by atoms with Crippen LogP contribution in [0, 0.1) is 0 Å². The predicted octanol–water partition coefficient (Wildman–Crippen LogP) is -0.415. The maximum atomic E-state index is 10.8. The fourth-order valence-electron chi connectivity index (χ4n) is 0.965. The number of hydrogen-bond acceptors (Lipinski definition) is 3. The van der Waals surface area contributed by atoms with Crippen molar-refractivity contribution >= 4 is 5.78 Å². The highest BCUT2D eigenvalue weighted by atomic mass is 16.2. The van der Waals surface area contributed by atoms with Crippen LogP contribution in [0.5, 0.6) is 0 Å². The van der Waals surface area contributed by atoms with Crippen LogP contribution in [0.2, 0.25) is 0 Å². The SMILES string of the molecule is CC(=O)CCc1cc(=O)[nH]c(=O)[nH]1. The quantitative estimate of drug-likeness (QED) is 0.666. The van der Waals surface area contributed by atoms with Gasteiger partial charge in [-0.1, -0.05) is 0 Å². The minimum absolute atomic E-state index is 0.0288. The molecule has 0 unspecified atom stereocenters. The summed E-state index contributed by atoms with van der Waals surface area (Å²) in [4.78, 5) is 36.7. The smallest absolute Gasteiger partial charge is 0.311 e. The summed E-state index contributed by atoms with van der Waals surface area (Å²) in [5, 5.41) is 0. The van der Waals surface area contributed by atoms with E-state index < -0.39 is 11.2 Å². The highest BCUT2D eigenvalue weighted by Gasteiger charge is 1.98. The van der Waals surface area contributed by atoms with E-state index in [1.807, 2.05) is 4.98 Å². The molecule has 0 saturated carbocycles. The van der Waals surface area contributed by atoms with Gasteiger partial charge in [0.05, 0.1) is 0 Å². The second-order valence-corrected chi connectivity index (χ2v) is 2.81. The summed E-state index contributed by atoms with van der Waals surface area (Å²) in [6, 6.07) is 1.28. The molecule has 0 radical (unpaired) electrons. The number of ketones is 1. The molecule has 0 spiro atoms. The van der Waals surface area contributed by atoms with Gasteiger partial charge in [-0.3, -0.25) is 9.78 Å². The Morgan fingerprint density at radius 2 is 2.08 bits per heavy atom. The van der Waals surface area contributed by atoms with Crippen molar-refractivity contribution in [1.82, 2.24) is 9.97 Å². The van der Waals surface area contributed by atoms with Gasteiger partial charge in [0.15, 0.2) is 0 Å². The number of carbonyl (C=O) groups excluding carboxylic acids is 1. The summed E-state index contributed by atoms with van der Waals surface area (Å²) >= 11 is 0. The summed E-state index contributed by atoms with van der Waals surface area (Å²) in [5.41, 5.74) is -0.489. The number of aromatic amines is 2. The Hall–Kier alpha value is -1.65. The average Bonchev–Trinajstić information content (AvgIpc) is 1.99. The second kappa shape index (κ2) is 3.84. The molecule has 0 aromatic carbocycles. The fraction of sp³-hybridized carbons (Fsp3) is 0.375. The van der Waals surface area contributed by atoms with Crippen LogP contribution in [0.4, 0.5) is 0 Å². The van der Waals surface area contributed by atoms with Crippen LogP contribution >= 0.6 is 0 Å². The van der Waals surface area contributed by atoms with Crippen molar-refractivity contribution in [2.45, 2.75) is 19.8 Å². The van der Waals surface area contributed by atoms with Crippen molar-refractivity contribution in [2.24, 2.45) is 0 Å². The topological polar surface area (TPSA) is 82.8 Å². The van der Waals surface area contributed by atoms with Gasteiger partial charge < -0.3 is 9.78 Å². The lowest BCUT2D eigenvalue weighted by molar-refractivity contribution is -0.116. The van der Waals surface area contributed by atoms with E-state index in [0.29, 0.717) is 18.5 Å². The molecule has 1 aromatic heterocycles. The monoisotopic (exact) mass is 182 g/mol. The summed E-state index contributed by atoms with van der Waals surface area (Å²) < 4.78 is 0. The van der Waals surface area contributed by atoms with Crippen molar-refractivity contribution in [1.29, 1.82) is 0 Å². The Kier molecular flexibility index (Phi) is 2.79. The van der Waals surface area contributed by atoms with Gasteiger partial charge in [-0.05, 0) is 13.3 Å². The van der Waals surface area contributed by atoms with Crippen molar-refractivity contribution in [3.63, 3.8) is 0 Å². The molecule has 0 aliphatic heterocycles. The zero-order chi connectivity index (χ0) is 9.84. The average molecular weight is 182 g/mol. The molecule has 13 heavy (non-hydrogen) atoms. The molecule has 0 fully saturated rings. The van der Waals surface area contributed by atoms with Crippen LogP contribution in [-0.4, -0.2) is 15.8 Å².